The van der Waals surface area contributed by atoms with Gasteiger partial charge in [-0.05, 0) is 24.8 Å². The molecule has 1 heterocycles. The second-order valence-electron chi connectivity index (χ2n) is 3.59. The summed E-state index contributed by atoms with van der Waals surface area (Å²) in [7, 11) is 0. The van der Waals surface area contributed by atoms with E-state index in [4.69, 9.17) is 5.73 Å². The van der Waals surface area contributed by atoms with E-state index in [9.17, 15) is 8.78 Å². The van der Waals surface area contributed by atoms with Gasteiger partial charge in [-0.25, -0.2) is 13.8 Å². The Bertz CT molecular complexity index is 604. The van der Waals surface area contributed by atoms with E-state index in [-0.39, 0.29) is 17.3 Å². The maximum absolute atomic E-state index is 13.7. The molecular formula is C11H10F2N4S. The highest BCUT2D eigenvalue weighted by Crippen LogP contribution is 2.24. The third kappa shape index (κ3) is 2.40. The van der Waals surface area contributed by atoms with Gasteiger partial charge in [-0.3, -0.25) is 0 Å². The van der Waals surface area contributed by atoms with Crippen LogP contribution >= 0.6 is 11.8 Å². The van der Waals surface area contributed by atoms with Crippen molar-refractivity contribution in [1.29, 1.82) is 0 Å². The number of halogens is 2. The molecule has 0 bridgehead atoms. The van der Waals surface area contributed by atoms with Gasteiger partial charge in [0.1, 0.15) is 11.6 Å². The molecule has 7 heteroatoms. The average Bonchev–Trinajstić information content (AvgIpc) is 2.33. The van der Waals surface area contributed by atoms with Crippen molar-refractivity contribution in [3.63, 3.8) is 0 Å². The van der Waals surface area contributed by atoms with Crippen molar-refractivity contribution in [2.45, 2.75) is 12.1 Å². The first-order chi connectivity index (χ1) is 8.51. The fourth-order valence-electron chi connectivity index (χ4n) is 1.41. The molecule has 0 aliphatic rings. The zero-order valence-corrected chi connectivity index (χ0v) is 10.6. The van der Waals surface area contributed by atoms with Gasteiger partial charge in [0.05, 0.1) is 5.56 Å². The highest BCUT2D eigenvalue weighted by Gasteiger charge is 2.13. The van der Waals surface area contributed by atoms with Gasteiger partial charge in [-0.15, -0.1) is 0 Å². The van der Waals surface area contributed by atoms with Crippen molar-refractivity contribution in [3.05, 3.63) is 29.3 Å². The summed E-state index contributed by atoms with van der Waals surface area (Å²) in [5, 5.41) is 0.388. The second kappa shape index (κ2) is 4.85. The number of benzene rings is 1. The molecule has 2 aromatic rings. The Morgan fingerprint density at radius 3 is 2.50 bits per heavy atom. The molecule has 0 spiro atoms. The quantitative estimate of drug-likeness (QED) is 0.847. The van der Waals surface area contributed by atoms with Gasteiger partial charge in [-0.2, -0.15) is 9.97 Å². The van der Waals surface area contributed by atoms with Crippen LogP contribution < -0.4 is 5.73 Å². The summed E-state index contributed by atoms with van der Waals surface area (Å²) < 4.78 is 26.9. The Balaban J connectivity index is 2.61. The predicted octanol–water partition coefficient (Wildman–Crippen LogP) is 2.43. The van der Waals surface area contributed by atoms with Crippen LogP contribution in [0.15, 0.2) is 17.3 Å². The zero-order chi connectivity index (χ0) is 13.3. The summed E-state index contributed by atoms with van der Waals surface area (Å²) in [5.41, 5.74) is 5.94. The van der Waals surface area contributed by atoms with Gasteiger partial charge >= 0.3 is 0 Å². The lowest BCUT2D eigenvalue weighted by Crippen LogP contribution is -2.03. The largest absolute Gasteiger partial charge is 0.368 e. The maximum atomic E-state index is 13.7. The smallest absolute Gasteiger partial charge is 0.224 e. The minimum Gasteiger partial charge on any atom is -0.368 e. The Kier molecular flexibility index (Phi) is 3.42. The molecule has 0 saturated heterocycles. The van der Waals surface area contributed by atoms with Gasteiger partial charge in [0.15, 0.2) is 11.0 Å². The first-order valence-electron chi connectivity index (χ1n) is 5.03. The number of aromatic nitrogens is 3. The molecule has 0 aliphatic carbocycles. The number of nitrogens with zero attached hydrogens (tertiary/aromatic N) is 3. The Morgan fingerprint density at radius 1 is 1.11 bits per heavy atom. The summed E-state index contributed by atoms with van der Waals surface area (Å²) in [4.78, 5) is 11.8. The molecule has 0 fully saturated rings. The molecule has 4 nitrogen and oxygen atoms in total. The van der Waals surface area contributed by atoms with Crippen LogP contribution in [-0.2, 0) is 0 Å². The molecular weight excluding hydrogens is 258 g/mol. The molecule has 18 heavy (non-hydrogen) atoms. The van der Waals surface area contributed by atoms with E-state index in [1.807, 2.05) is 0 Å². The highest BCUT2D eigenvalue weighted by molar-refractivity contribution is 7.98. The van der Waals surface area contributed by atoms with Crippen LogP contribution in [0.2, 0.25) is 0 Å². The lowest BCUT2D eigenvalue weighted by Gasteiger charge is -2.06. The summed E-state index contributed by atoms with van der Waals surface area (Å²) in [6, 6.07) is 2.16. The van der Waals surface area contributed by atoms with Gasteiger partial charge in [-0.1, -0.05) is 11.8 Å². The van der Waals surface area contributed by atoms with Crippen LogP contribution in [0.1, 0.15) is 5.56 Å². The number of thioether (sulfide) groups is 1. The topological polar surface area (TPSA) is 64.7 Å². The van der Waals surface area contributed by atoms with Crippen molar-refractivity contribution in [2.75, 3.05) is 12.0 Å². The third-order valence-electron chi connectivity index (χ3n) is 2.30. The first kappa shape index (κ1) is 12.7. The minimum atomic E-state index is -0.726. The second-order valence-corrected chi connectivity index (χ2v) is 4.36. The van der Waals surface area contributed by atoms with Gasteiger partial charge in [0.2, 0.25) is 5.95 Å². The van der Waals surface area contributed by atoms with Crippen LogP contribution in [0, 0.1) is 18.6 Å². The fourth-order valence-corrected chi connectivity index (χ4v) is 1.77. The van der Waals surface area contributed by atoms with E-state index in [1.54, 1.807) is 6.26 Å². The number of nitrogen functional groups attached to an aromatic ring is 1. The summed E-state index contributed by atoms with van der Waals surface area (Å²) in [5.74, 6) is -1.22. The van der Waals surface area contributed by atoms with Crippen LogP contribution in [-0.4, -0.2) is 21.2 Å². The predicted molar refractivity (Wildman–Crippen MR) is 66.1 cm³/mol. The molecule has 1 aromatic carbocycles. The molecule has 2 rings (SSSR count). The number of hydrogen-bond donors (Lipinski definition) is 1. The molecule has 0 saturated carbocycles. The first-order valence-corrected chi connectivity index (χ1v) is 6.25. The lowest BCUT2D eigenvalue weighted by atomic mass is 10.1. The van der Waals surface area contributed by atoms with Crippen molar-refractivity contribution in [2.24, 2.45) is 0 Å². The minimum absolute atomic E-state index is 0.00530. The number of aryl methyl sites for hydroxylation is 1. The van der Waals surface area contributed by atoms with Crippen molar-refractivity contribution < 1.29 is 8.78 Å². The summed E-state index contributed by atoms with van der Waals surface area (Å²) in [6.45, 7) is 1.54. The van der Waals surface area contributed by atoms with E-state index >= 15 is 0 Å². The van der Waals surface area contributed by atoms with Crippen molar-refractivity contribution >= 4 is 17.7 Å². The average molecular weight is 268 g/mol. The number of hydrogen-bond acceptors (Lipinski definition) is 5. The number of anilines is 1. The zero-order valence-electron chi connectivity index (χ0n) is 9.74. The summed E-state index contributed by atoms with van der Waals surface area (Å²) >= 11 is 1.27. The van der Waals surface area contributed by atoms with Gasteiger partial charge < -0.3 is 5.73 Å². The molecule has 1 aromatic heterocycles. The molecule has 0 aliphatic heterocycles. The number of rotatable bonds is 2. The Labute approximate surface area is 107 Å². The molecule has 0 radical (unpaired) electrons. The molecule has 0 unspecified atom stereocenters. The van der Waals surface area contributed by atoms with Gasteiger partial charge in [0.25, 0.3) is 0 Å². The Morgan fingerprint density at radius 2 is 1.83 bits per heavy atom. The van der Waals surface area contributed by atoms with E-state index in [2.05, 4.69) is 15.0 Å². The van der Waals surface area contributed by atoms with Crippen LogP contribution in [0.5, 0.6) is 0 Å². The van der Waals surface area contributed by atoms with E-state index in [0.717, 1.165) is 6.07 Å². The van der Waals surface area contributed by atoms with Crippen molar-refractivity contribution in [1.82, 2.24) is 15.0 Å². The Hall–Kier alpha value is -1.76. The highest BCUT2D eigenvalue weighted by atomic mass is 32.2. The van der Waals surface area contributed by atoms with E-state index < -0.39 is 11.6 Å². The molecule has 0 amide bonds. The van der Waals surface area contributed by atoms with Crippen molar-refractivity contribution in [3.8, 4) is 11.4 Å². The molecule has 0 atom stereocenters. The fraction of sp³-hybridized carbons (Fsp3) is 0.182. The molecule has 94 valence electrons. The van der Waals surface area contributed by atoms with Gasteiger partial charge in [0, 0.05) is 6.07 Å². The number of nitrogens with two attached hydrogens (primary N) is 1. The van der Waals surface area contributed by atoms with Crippen LogP contribution in [0.25, 0.3) is 11.4 Å². The maximum Gasteiger partial charge on any atom is 0.224 e. The normalized spacial score (nSPS) is 10.7. The molecule has 2 N–H and O–H groups in total. The monoisotopic (exact) mass is 268 g/mol. The standard InChI is InChI=1S/C11H10F2N4S/c1-5-3-6(8(13)4-7(5)12)9-15-10(14)17-11(16-9)18-2/h3-4H,1-2H3,(H2,14,15,16,17). The summed E-state index contributed by atoms with van der Waals surface area (Å²) in [6.07, 6.45) is 1.77. The lowest BCUT2D eigenvalue weighted by molar-refractivity contribution is 0.578. The van der Waals surface area contributed by atoms with E-state index in [1.165, 1.54) is 24.8 Å². The van der Waals surface area contributed by atoms with Crippen LogP contribution in [0.4, 0.5) is 14.7 Å². The van der Waals surface area contributed by atoms with Crippen LogP contribution in [0.3, 0.4) is 0 Å². The third-order valence-corrected chi connectivity index (χ3v) is 2.85. The van der Waals surface area contributed by atoms with E-state index in [0.29, 0.717) is 10.7 Å². The SMILES string of the molecule is CSc1nc(N)nc(-c2cc(C)c(F)cc2F)n1.